The van der Waals surface area contributed by atoms with E-state index in [2.05, 4.69) is 6.92 Å². The van der Waals surface area contributed by atoms with Gasteiger partial charge in [-0.15, -0.1) is 0 Å². The van der Waals surface area contributed by atoms with Gasteiger partial charge in [0.25, 0.3) is 0 Å². The normalized spacial score (nSPS) is 11.4. The van der Waals surface area contributed by atoms with Crippen LogP contribution >= 0.6 is 0 Å². The Labute approximate surface area is 175 Å². The second kappa shape index (κ2) is 18.8. The Morgan fingerprint density at radius 3 is 1.69 bits per heavy atom. The van der Waals surface area contributed by atoms with Crippen molar-refractivity contribution in [1.82, 2.24) is 0 Å². The van der Waals surface area contributed by atoms with Gasteiger partial charge in [0.15, 0.2) is 0 Å². The van der Waals surface area contributed by atoms with Crippen LogP contribution in [0.1, 0.15) is 59.8 Å². The fraction of sp³-hybridized carbons (Fsp3) is 0.905. The molecule has 0 saturated carbocycles. The van der Waals surface area contributed by atoms with E-state index >= 15 is 0 Å². The molecule has 0 atom stereocenters. The molecule has 0 saturated heterocycles. The highest BCUT2D eigenvalue weighted by Crippen LogP contribution is 2.06. The average Bonchev–Trinajstić information content (AvgIpc) is 2.64. The molecule has 0 heterocycles. The van der Waals surface area contributed by atoms with Crippen LogP contribution in [0.2, 0.25) is 0 Å². The number of unbranched alkanes of at least 4 members (excludes halogenated alkanes) is 3. The van der Waals surface area contributed by atoms with Crippen molar-refractivity contribution < 1.29 is 38.0 Å². The number of esters is 2. The van der Waals surface area contributed by atoms with Crippen molar-refractivity contribution in [3.05, 3.63) is 0 Å². The lowest BCUT2D eigenvalue weighted by Gasteiger charge is -2.19. The third kappa shape index (κ3) is 22.9. The minimum absolute atomic E-state index is 0.0807. The third-order valence-corrected chi connectivity index (χ3v) is 3.48. The summed E-state index contributed by atoms with van der Waals surface area (Å²) < 4.78 is 31.4. The molecular formula is C21H40O8. The van der Waals surface area contributed by atoms with Crippen molar-refractivity contribution in [2.24, 2.45) is 0 Å². The zero-order valence-electron chi connectivity index (χ0n) is 18.7. The minimum atomic E-state index is -0.504. The number of carbonyl (C=O) groups excluding carboxylic acids is 2. The highest BCUT2D eigenvalue weighted by Gasteiger charge is 2.15. The fourth-order valence-corrected chi connectivity index (χ4v) is 2.17. The van der Waals surface area contributed by atoms with Crippen molar-refractivity contribution in [2.45, 2.75) is 65.4 Å². The van der Waals surface area contributed by atoms with Crippen LogP contribution in [0.5, 0.6) is 0 Å². The van der Waals surface area contributed by atoms with Gasteiger partial charge in [0.2, 0.25) is 0 Å². The molecule has 0 spiro atoms. The van der Waals surface area contributed by atoms with Gasteiger partial charge in [-0.05, 0) is 27.2 Å². The highest BCUT2D eigenvalue weighted by molar-refractivity contribution is 5.71. The second-order valence-electron chi connectivity index (χ2n) is 7.51. The summed E-state index contributed by atoms with van der Waals surface area (Å²) >= 11 is 0. The number of rotatable bonds is 19. The molecule has 172 valence electrons. The standard InChI is InChI=1S/C21H40O8/c1-5-6-7-8-9-19(22)28-17-16-26-13-12-24-10-11-25-14-15-27-18-20(23)29-21(2,3)4/h5-18H2,1-4H3. The maximum atomic E-state index is 11.4. The van der Waals surface area contributed by atoms with Gasteiger partial charge < -0.3 is 28.4 Å². The zero-order valence-corrected chi connectivity index (χ0v) is 18.7. The van der Waals surface area contributed by atoms with Crippen molar-refractivity contribution in [1.29, 1.82) is 0 Å². The van der Waals surface area contributed by atoms with Crippen LogP contribution in [0.3, 0.4) is 0 Å². The van der Waals surface area contributed by atoms with Crippen molar-refractivity contribution in [3.8, 4) is 0 Å². The molecule has 29 heavy (non-hydrogen) atoms. The monoisotopic (exact) mass is 420 g/mol. The van der Waals surface area contributed by atoms with E-state index in [1.807, 2.05) is 20.8 Å². The predicted octanol–water partition coefficient (Wildman–Crippen LogP) is 2.91. The van der Waals surface area contributed by atoms with Crippen LogP contribution in [-0.4, -0.2) is 77.0 Å². The zero-order chi connectivity index (χ0) is 21.8. The van der Waals surface area contributed by atoms with E-state index in [1.54, 1.807) is 0 Å². The van der Waals surface area contributed by atoms with Gasteiger partial charge in [-0.3, -0.25) is 4.79 Å². The topological polar surface area (TPSA) is 89.5 Å². The number of hydrogen-bond acceptors (Lipinski definition) is 8. The molecule has 0 aromatic heterocycles. The first-order valence-electron chi connectivity index (χ1n) is 10.5. The summed E-state index contributed by atoms with van der Waals surface area (Å²) in [6.07, 6.45) is 4.75. The largest absolute Gasteiger partial charge is 0.463 e. The van der Waals surface area contributed by atoms with Crippen LogP contribution in [0.15, 0.2) is 0 Å². The van der Waals surface area contributed by atoms with Gasteiger partial charge in [-0.1, -0.05) is 26.2 Å². The maximum absolute atomic E-state index is 11.4. The molecule has 0 rings (SSSR count). The molecule has 8 nitrogen and oxygen atoms in total. The van der Waals surface area contributed by atoms with Gasteiger partial charge in [0.1, 0.15) is 18.8 Å². The summed E-state index contributed by atoms with van der Waals surface area (Å²) in [5, 5.41) is 0. The number of ether oxygens (including phenoxy) is 6. The number of hydrogen-bond donors (Lipinski definition) is 0. The van der Waals surface area contributed by atoms with Gasteiger partial charge in [0, 0.05) is 6.42 Å². The Kier molecular flexibility index (Phi) is 18.0. The number of carbonyl (C=O) groups is 2. The molecule has 8 heteroatoms. The Hall–Kier alpha value is -1.22. The molecule has 0 radical (unpaired) electrons. The molecule has 0 N–H and O–H groups in total. The molecule has 0 aromatic carbocycles. The van der Waals surface area contributed by atoms with Crippen LogP contribution < -0.4 is 0 Å². The molecule has 0 aromatic rings. The molecule has 0 aliphatic rings. The summed E-state index contributed by atoms with van der Waals surface area (Å²) in [6.45, 7) is 10.6. The van der Waals surface area contributed by atoms with Crippen LogP contribution in [0.4, 0.5) is 0 Å². The first-order chi connectivity index (χ1) is 13.8. The summed E-state index contributed by atoms with van der Waals surface area (Å²) in [5.41, 5.74) is -0.504. The van der Waals surface area contributed by atoms with E-state index < -0.39 is 5.60 Å². The average molecular weight is 421 g/mol. The quantitative estimate of drug-likeness (QED) is 0.233. The van der Waals surface area contributed by atoms with Gasteiger partial charge >= 0.3 is 11.9 Å². The second-order valence-corrected chi connectivity index (χ2v) is 7.51. The van der Waals surface area contributed by atoms with E-state index in [-0.39, 0.29) is 25.2 Å². The van der Waals surface area contributed by atoms with Gasteiger partial charge in [-0.2, -0.15) is 0 Å². The van der Waals surface area contributed by atoms with E-state index in [9.17, 15) is 9.59 Å². The third-order valence-electron chi connectivity index (χ3n) is 3.48. The maximum Gasteiger partial charge on any atom is 0.332 e. The van der Waals surface area contributed by atoms with E-state index in [0.29, 0.717) is 52.7 Å². The molecule has 0 aliphatic carbocycles. The molecule has 0 fully saturated rings. The summed E-state index contributed by atoms with van der Waals surface area (Å²) in [7, 11) is 0. The van der Waals surface area contributed by atoms with Crippen LogP contribution in [0, 0.1) is 0 Å². The summed E-state index contributed by atoms with van der Waals surface area (Å²) in [4.78, 5) is 22.9. The first-order valence-corrected chi connectivity index (χ1v) is 10.5. The lowest BCUT2D eigenvalue weighted by molar-refractivity contribution is -0.160. The molecular weight excluding hydrogens is 380 g/mol. The lowest BCUT2D eigenvalue weighted by atomic mass is 10.2. The fourth-order valence-electron chi connectivity index (χ4n) is 2.17. The van der Waals surface area contributed by atoms with Crippen LogP contribution in [0.25, 0.3) is 0 Å². The SMILES string of the molecule is CCCCCCC(=O)OCCOCCOCCOCCOCC(=O)OC(C)(C)C. The minimum Gasteiger partial charge on any atom is -0.463 e. The Morgan fingerprint density at radius 2 is 1.17 bits per heavy atom. The molecule has 0 aliphatic heterocycles. The lowest BCUT2D eigenvalue weighted by Crippen LogP contribution is -2.27. The molecule has 0 unspecified atom stereocenters. The Morgan fingerprint density at radius 1 is 0.655 bits per heavy atom. The van der Waals surface area contributed by atoms with E-state index in [1.165, 1.54) is 0 Å². The van der Waals surface area contributed by atoms with Crippen molar-refractivity contribution in [3.63, 3.8) is 0 Å². The Balaban J connectivity index is 3.22. The summed E-state index contributed by atoms with van der Waals surface area (Å²) in [5.74, 6) is -0.546. The smallest absolute Gasteiger partial charge is 0.332 e. The summed E-state index contributed by atoms with van der Waals surface area (Å²) in [6, 6.07) is 0. The van der Waals surface area contributed by atoms with E-state index in [0.717, 1.165) is 25.7 Å². The van der Waals surface area contributed by atoms with Crippen LogP contribution in [-0.2, 0) is 38.0 Å². The van der Waals surface area contributed by atoms with Gasteiger partial charge in [0.05, 0.1) is 46.2 Å². The van der Waals surface area contributed by atoms with Gasteiger partial charge in [-0.25, -0.2) is 4.79 Å². The molecule has 0 bridgehead atoms. The van der Waals surface area contributed by atoms with E-state index in [4.69, 9.17) is 28.4 Å². The predicted molar refractivity (Wildman–Crippen MR) is 109 cm³/mol. The first kappa shape index (κ1) is 27.8. The molecule has 0 amide bonds. The van der Waals surface area contributed by atoms with Crippen molar-refractivity contribution >= 4 is 11.9 Å². The van der Waals surface area contributed by atoms with Crippen molar-refractivity contribution in [2.75, 3.05) is 59.5 Å². The Bertz CT molecular complexity index is 406. The highest BCUT2D eigenvalue weighted by atomic mass is 16.6.